The van der Waals surface area contributed by atoms with Crippen LogP contribution >= 0.6 is 11.8 Å². The Labute approximate surface area is 90.9 Å². The van der Waals surface area contributed by atoms with Crippen LogP contribution in [0.2, 0.25) is 0 Å². The highest BCUT2D eigenvalue weighted by atomic mass is 32.2. The summed E-state index contributed by atoms with van der Waals surface area (Å²) in [6.07, 6.45) is 0.792. The first-order valence-corrected chi connectivity index (χ1v) is 5.91. The number of carbonyl (C=O) groups excluding carboxylic acids is 1. The van der Waals surface area contributed by atoms with Crippen molar-refractivity contribution >= 4 is 17.5 Å². The summed E-state index contributed by atoms with van der Waals surface area (Å²) in [7, 11) is 0. The second-order valence-electron chi connectivity index (χ2n) is 3.55. The fourth-order valence-corrected chi connectivity index (χ4v) is 2.87. The molecule has 0 aromatic heterocycles. The predicted octanol–water partition coefficient (Wildman–Crippen LogP) is 2.90. The highest BCUT2D eigenvalue weighted by Gasteiger charge is 2.26. The Balaban J connectivity index is 2.24. The Morgan fingerprint density at radius 1 is 1.40 bits per heavy atom. The van der Waals surface area contributed by atoms with Crippen LogP contribution in [0.25, 0.3) is 0 Å². The summed E-state index contributed by atoms with van der Waals surface area (Å²) >= 11 is 1.70. The van der Waals surface area contributed by atoms with Gasteiger partial charge in [0.05, 0.1) is 5.56 Å². The number of ketones is 1. The highest BCUT2D eigenvalue weighted by Crippen LogP contribution is 2.27. The lowest BCUT2D eigenvalue weighted by atomic mass is 9.97. The molecule has 0 bridgehead atoms. The van der Waals surface area contributed by atoms with Crippen LogP contribution in [-0.2, 0) is 0 Å². The number of Topliss-reactive ketones (excluding diaryl/α,β-unsaturated/α-hetero) is 1. The fourth-order valence-electron chi connectivity index (χ4n) is 1.65. The van der Waals surface area contributed by atoms with Crippen molar-refractivity contribution in [3.63, 3.8) is 0 Å². The van der Waals surface area contributed by atoms with Gasteiger partial charge in [-0.1, -0.05) is 0 Å². The third kappa shape index (κ3) is 2.20. The Morgan fingerprint density at radius 2 is 2.20 bits per heavy atom. The molecule has 4 heteroatoms. The van der Waals surface area contributed by atoms with Crippen molar-refractivity contribution in [2.75, 3.05) is 11.5 Å². The Kier molecular flexibility index (Phi) is 3.05. The third-order valence-electron chi connectivity index (χ3n) is 2.50. The van der Waals surface area contributed by atoms with Gasteiger partial charge in [-0.15, -0.1) is 0 Å². The summed E-state index contributed by atoms with van der Waals surface area (Å²) in [5, 5.41) is 0. The van der Waals surface area contributed by atoms with Crippen molar-refractivity contribution in [3.05, 3.63) is 35.4 Å². The van der Waals surface area contributed by atoms with Crippen molar-refractivity contribution in [3.8, 4) is 0 Å². The topological polar surface area (TPSA) is 17.1 Å². The van der Waals surface area contributed by atoms with E-state index in [-0.39, 0.29) is 17.3 Å². The molecule has 1 aromatic rings. The Bertz CT molecular complexity index is 386. The predicted molar refractivity (Wildman–Crippen MR) is 56.1 cm³/mol. The second-order valence-corrected chi connectivity index (χ2v) is 4.70. The highest BCUT2D eigenvalue weighted by molar-refractivity contribution is 7.99. The van der Waals surface area contributed by atoms with Crippen molar-refractivity contribution < 1.29 is 13.6 Å². The molecule has 1 unspecified atom stereocenters. The van der Waals surface area contributed by atoms with E-state index in [2.05, 4.69) is 0 Å². The molecule has 0 radical (unpaired) electrons. The van der Waals surface area contributed by atoms with Crippen LogP contribution in [0.1, 0.15) is 16.8 Å². The maximum absolute atomic E-state index is 13.3. The molecular weight excluding hydrogens is 218 g/mol. The maximum atomic E-state index is 13.3. The van der Waals surface area contributed by atoms with E-state index in [1.165, 1.54) is 6.07 Å². The Hall–Kier alpha value is -0.900. The quantitative estimate of drug-likeness (QED) is 0.724. The molecule has 1 aliphatic heterocycles. The van der Waals surface area contributed by atoms with Gasteiger partial charge < -0.3 is 0 Å². The largest absolute Gasteiger partial charge is 0.294 e. The van der Waals surface area contributed by atoms with Crippen molar-refractivity contribution in [2.45, 2.75) is 6.42 Å². The summed E-state index contributed by atoms with van der Waals surface area (Å²) in [6.45, 7) is 0. The van der Waals surface area contributed by atoms with Crippen LogP contribution < -0.4 is 0 Å². The van der Waals surface area contributed by atoms with Crippen molar-refractivity contribution in [1.29, 1.82) is 0 Å². The summed E-state index contributed by atoms with van der Waals surface area (Å²) in [5.74, 6) is -0.0105. The summed E-state index contributed by atoms with van der Waals surface area (Å²) in [6, 6.07) is 3.11. The lowest BCUT2D eigenvalue weighted by molar-refractivity contribution is 0.0929. The first kappa shape index (κ1) is 10.6. The van der Waals surface area contributed by atoms with Gasteiger partial charge in [-0.25, -0.2) is 8.78 Å². The summed E-state index contributed by atoms with van der Waals surface area (Å²) < 4.78 is 25.9. The first-order valence-electron chi connectivity index (χ1n) is 4.75. The molecule has 0 spiro atoms. The Morgan fingerprint density at radius 3 is 2.80 bits per heavy atom. The molecule has 2 rings (SSSR count). The molecule has 1 nitrogen and oxygen atoms in total. The lowest BCUT2D eigenvalue weighted by Crippen LogP contribution is -2.15. The number of thioether (sulfide) groups is 1. The maximum Gasteiger partial charge on any atom is 0.169 e. The lowest BCUT2D eigenvalue weighted by Gasteiger charge is -2.07. The van der Waals surface area contributed by atoms with Crippen LogP contribution in [0.15, 0.2) is 18.2 Å². The molecule has 1 aromatic carbocycles. The smallest absolute Gasteiger partial charge is 0.169 e. The van der Waals surface area contributed by atoms with E-state index in [1.54, 1.807) is 11.8 Å². The average molecular weight is 228 g/mol. The number of halogens is 2. The fraction of sp³-hybridized carbons (Fsp3) is 0.364. The zero-order valence-electron chi connectivity index (χ0n) is 8.00. The van der Waals surface area contributed by atoms with Gasteiger partial charge in [0.25, 0.3) is 0 Å². The number of benzene rings is 1. The van der Waals surface area contributed by atoms with E-state index in [0.717, 1.165) is 30.1 Å². The van der Waals surface area contributed by atoms with E-state index in [1.807, 2.05) is 0 Å². The van der Waals surface area contributed by atoms with Gasteiger partial charge in [-0.3, -0.25) is 4.79 Å². The standard InChI is InChI=1S/C11H10F2OS/c12-8-1-2-9(10(13)5-8)11(14)7-3-4-15-6-7/h1-2,5,7H,3-4,6H2. The minimum absolute atomic E-state index is 0.0175. The summed E-state index contributed by atoms with van der Waals surface area (Å²) in [4.78, 5) is 11.8. The van der Waals surface area contributed by atoms with Gasteiger partial charge in [0.1, 0.15) is 11.6 Å². The van der Waals surface area contributed by atoms with Crippen molar-refractivity contribution in [2.24, 2.45) is 5.92 Å². The van der Waals surface area contributed by atoms with Crippen molar-refractivity contribution in [1.82, 2.24) is 0 Å². The molecule has 15 heavy (non-hydrogen) atoms. The van der Waals surface area contributed by atoms with Gasteiger partial charge >= 0.3 is 0 Å². The van der Waals surface area contributed by atoms with Crippen LogP contribution in [0.3, 0.4) is 0 Å². The molecule has 1 atom stereocenters. The van der Waals surface area contributed by atoms with Crippen LogP contribution in [0.4, 0.5) is 8.78 Å². The second kappa shape index (κ2) is 4.31. The van der Waals surface area contributed by atoms with Crippen LogP contribution in [0.5, 0.6) is 0 Å². The van der Waals surface area contributed by atoms with Crippen LogP contribution in [-0.4, -0.2) is 17.3 Å². The zero-order chi connectivity index (χ0) is 10.8. The van der Waals surface area contributed by atoms with E-state index >= 15 is 0 Å². The zero-order valence-corrected chi connectivity index (χ0v) is 8.82. The van der Waals surface area contributed by atoms with Gasteiger partial charge in [0.15, 0.2) is 5.78 Å². The van der Waals surface area contributed by atoms with E-state index in [4.69, 9.17) is 0 Å². The molecule has 0 aliphatic carbocycles. The van der Waals surface area contributed by atoms with E-state index in [0.29, 0.717) is 0 Å². The van der Waals surface area contributed by atoms with Crippen LogP contribution in [0, 0.1) is 17.6 Å². The van der Waals surface area contributed by atoms with E-state index < -0.39 is 11.6 Å². The minimum atomic E-state index is -0.753. The molecule has 1 aliphatic rings. The molecule has 1 fully saturated rings. The third-order valence-corrected chi connectivity index (χ3v) is 3.66. The molecular formula is C11H10F2OS. The van der Waals surface area contributed by atoms with Gasteiger partial charge in [0, 0.05) is 17.7 Å². The van der Waals surface area contributed by atoms with Gasteiger partial charge in [-0.05, 0) is 24.3 Å². The average Bonchev–Trinajstić information content (AvgIpc) is 2.69. The number of hydrogen-bond donors (Lipinski definition) is 0. The number of rotatable bonds is 2. The van der Waals surface area contributed by atoms with Gasteiger partial charge in [-0.2, -0.15) is 11.8 Å². The molecule has 0 amide bonds. The van der Waals surface area contributed by atoms with E-state index in [9.17, 15) is 13.6 Å². The SMILES string of the molecule is O=C(c1ccc(F)cc1F)C1CCSC1. The molecule has 0 saturated carbocycles. The number of carbonyl (C=O) groups is 1. The minimum Gasteiger partial charge on any atom is -0.294 e. The number of hydrogen-bond acceptors (Lipinski definition) is 2. The molecule has 1 heterocycles. The molecule has 1 saturated heterocycles. The van der Waals surface area contributed by atoms with Gasteiger partial charge in [0.2, 0.25) is 0 Å². The molecule has 80 valence electrons. The first-order chi connectivity index (χ1) is 7.18. The molecule has 0 N–H and O–H groups in total. The normalized spacial score (nSPS) is 20.5. The summed E-state index contributed by atoms with van der Waals surface area (Å²) in [5.41, 5.74) is 0.0175. The monoisotopic (exact) mass is 228 g/mol.